The molecule has 146 valence electrons. The largest absolute Gasteiger partial charge is 0.435 e. The highest BCUT2D eigenvalue weighted by molar-refractivity contribution is 7.99. The lowest BCUT2D eigenvalue weighted by Gasteiger charge is -2.15. The Morgan fingerprint density at radius 1 is 1.30 bits per heavy atom. The first-order valence-electron chi connectivity index (χ1n) is 8.63. The Morgan fingerprint density at radius 3 is 2.81 bits per heavy atom. The van der Waals surface area contributed by atoms with Crippen LogP contribution in [0.1, 0.15) is 23.4 Å². The van der Waals surface area contributed by atoms with Gasteiger partial charge in [0.15, 0.2) is 5.69 Å². The van der Waals surface area contributed by atoms with Crippen molar-refractivity contribution in [2.75, 3.05) is 18.9 Å². The maximum absolute atomic E-state index is 13.1. The van der Waals surface area contributed by atoms with Crippen molar-refractivity contribution in [2.24, 2.45) is 0 Å². The van der Waals surface area contributed by atoms with E-state index in [1.807, 2.05) is 30.3 Å². The van der Waals surface area contributed by atoms with Gasteiger partial charge in [-0.25, -0.2) is 0 Å². The van der Waals surface area contributed by atoms with E-state index in [0.29, 0.717) is 30.9 Å². The van der Waals surface area contributed by atoms with Gasteiger partial charge >= 0.3 is 6.18 Å². The Bertz CT molecular complexity index is 778. The molecule has 2 aromatic rings. The molecule has 0 saturated heterocycles. The number of aromatic nitrogens is 2. The second-order valence-corrected chi connectivity index (χ2v) is 7.23. The number of amides is 1. The zero-order valence-corrected chi connectivity index (χ0v) is 15.4. The molecule has 5 nitrogen and oxygen atoms in total. The molecule has 27 heavy (non-hydrogen) atoms. The van der Waals surface area contributed by atoms with Crippen LogP contribution in [0.15, 0.2) is 35.2 Å². The summed E-state index contributed by atoms with van der Waals surface area (Å²) >= 11 is 1.59. The molecule has 0 aliphatic carbocycles. The van der Waals surface area contributed by atoms with E-state index in [0.717, 1.165) is 4.90 Å². The number of rotatable bonds is 7. The lowest BCUT2D eigenvalue weighted by Crippen LogP contribution is -2.28. The summed E-state index contributed by atoms with van der Waals surface area (Å²) in [5.74, 6) is 0.515. The summed E-state index contributed by atoms with van der Waals surface area (Å²) in [4.78, 5) is 13.0. The Balaban J connectivity index is 1.49. The predicted octanol–water partition coefficient (Wildman–Crippen LogP) is 3.27. The number of hydrogen-bond acceptors (Lipinski definition) is 4. The van der Waals surface area contributed by atoms with Crippen molar-refractivity contribution in [3.63, 3.8) is 0 Å². The first-order valence-corrected chi connectivity index (χ1v) is 9.62. The van der Waals surface area contributed by atoms with Gasteiger partial charge in [0.25, 0.3) is 0 Å². The highest BCUT2D eigenvalue weighted by atomic mass is 32.2. The third-order valence-electron chi connectivity index (χ3n) is 4.15. The summed E-state index contributed by atoms with van der Waals surface area (Å²) in [6.07, 6.45) is -3.77. The SMILES string of the molecule is O=C(CCSc1ccccc1)NCCn1nc(C(F)(F)F)c2c1CCOC2. The van der Waals surface area contributed by atoms with Crippen LogP contribution in [0.4, 0.5) is 13.2 Å². The van der Waals surface area contributed by atoms with Crippen molar-refractivity contribution in [1.82, 2.24) is 15.1 Å². The van der Waals surface area contributed by atoms with E-state index in [1.54, 1.807) is 11.8 Å². The quantitative estimate of drug-likeness (QED) is 0.726. The number of alkyl halides is 3. The Kier molecular flexibility index (Phi) is 6.43. The first-order chi connectivity index (χ1) is 12.9. The monoisotopic (exact) mass is 399 g/mol. The molecular weight excluding hydrogens is 379 g/mol. The fourth-order valence-corrected chi connectivity index (χ4v) is 3.76. The van der Waals surface area contributed by atoms with Gasteiger partial charge in [0, 0.05) is 41.3 Å². The molecule has 0 bridgehead atoms. The number of ether oxygens (including phenoxy) is 1. The molecular formula is C18H20F3N3O2S. The number of thioether (sulfide) groups is 1. The van der Waals surface area contributed by atoms with Crippen molar-refractivity contribution in [3.8, 4) is 0 Å². The average Bonchev–Trinajstić information content (AvgIpc) is 3.02. The van der Waals surface area contributed by atoms with Crippen molar-refractivity contribution in [3.05, 3.63) is 47.3 Å². The molecule has 0 fully saturated rings. The minimum Gasteiger partial charge on any atom is -0.376 e. The average molecular weight is 399 g/mol. The van der Waals surface area contributed by atoms with Crippen LogP contribution in [-0.4, -0.2) is 34.6 Å². The van der Waals surface area contributed by atoms with Gasteiger partial charge in [-0.15, -0.1) is 11.8 Å². The molecule has 0 atom stereocenters. The third kappa shape index (κ3) is 5.26. The van der Waals surface area contributed by atoms with Crippen LogP contribution in [-0.2, 0) is 35.3 Å². The molecule has 2 heterocycles. The highest BCUT2D eigenvalue weighted by Gasteiger charge is 2.39. The fourth-order valence-electron chi connectivity index (χ4n) is 2.89. The topological polar surface area (TPSA) is 56.2 Å². The third-order valence-corrected chi connectivity index (χ3v) is 5.17. The Morgan fingerprint density at radius 2 is 2.07 bits per heavy atom. The van der Waals surface area contributed by atoms with Crippen LogP contribution in [0.5, 0.6) is 0 Å². The number of fused-ring (bicyclic) bond motifs is 1. The van der Waals surface area contributed by atoms with Gasteiger partial charge in [-0.05, 0) is 12.1 Å². The normalized spacial score (nSPS) is 14.0. The molecule has 1 amide bonds. The molecule has 0 radical (unpaired) electrons. The fraction of sp³-hybridized carbons (Fsp3) is 0.444. The van der Waals surface area contributed by atoms with Gasteiger partial charge in [-0.3, -0.25) is 9.48 Å². The van der Waals surface area contributed by atoms with Crippen molar-refractivity contribution in [1.29, 1.82) is 0 Å². The van der Waals surface area contributed by atoms with Gasteiger partial charge < -0.3 is 10.1 Å². The van der Waals surface area contributed by atoms with Crippen molar-refractivity contribution >= 4 is 17.7 Å². The molecule has 1 aliphatic heterocycles. The lowest BCUT2D eigenvalue weighted by atomic mass is 10.1. The van der Waals surface area contributed by atoms with Crippen LogP contribution in [0.3, 0.4) is 0 Å². The number of hydrogen-bond donors (Lipinski definition) is 1. The molecule has 9 heteroatoms. The molecule has 3 rings (SSSR count). The van der Waals surface area contributed by atoms with Crippen LogP contribution in [0.2, 0.25) is 0 Å². The zero-order valence-electron chi connectivity index (χ0n) is 14.6. The Hall–Kier alpha value is -2.00. The number of benzene rings is 1. The molecule has 0 unspecified atom stereocenters. The van der Waals surface area contributed by atoms with Gasteiger partial charge in [-0.1, -0.05) is 18.2 Å². The number of nitrogens with zero attached hydrogens (tertiary/aromatic N) is 2. The second-order valence-electron chi connectivity index (χ2n) is 6.06. The summed E-state index contributed by atoms with van der Waals surface area (Å²) in [5, 5.41) is 6.46. The van der Waals surface area contributed by atoms with Crippen LogP contribution in [0, 0.1) is 0 Å². The second kappa shape index (κ2) is 8.79. The molecule has 1 aromatic carbocycles. The van der Waals surface area contributed by atoms with Crippen LogP contribution >= 0.6 is 11.8 Å². The van der Waals surface area contributed by atoms with Gasteiger partial charge in [0.05, 0.1) is 19.8 Å². The summed E-state index contributed by atoms with van der Waals surface area (Å²) < 4.78 is 45.8. The van der Waals surface area contributed by atoms with E-state index >= 15 is 0 Å². The summed E-state index contributed by atoms with van der Waals surface area (Å²) in [6, 6.07) is 9.76. The molecule has 0 saturated carbocycles. The maximum Gasteiger partial charge on any atom is 0.435 e. The summed E-state index contributed by atoms with van der Waals surface area (Å²) in [6.45, 7) is 0.739. The minimum atomic E-state index is -4.51. The summed E-state index contributed by atoms with van der Waals surface area (Å²) in [7, 11) is 0. The van der Waals surface area contributed by atoms with Crippen molar-refractivity contribution < 1.29 is 22.7 Å². The Labute approximate surface area is 159 Å². The standard InChI is InChI=1S/C18H20F3N3O2S/c19-18(20,21)17-14-12-26-10-6-15(14)24(23-17)9-8-22-16(25)7-11-27-13-4-2-1-3-5-13/h1-5H,6-12H2,(H,22,25). The molecule has 1 N–H and O–H groups in total. The van der Waals surface area contributed by atoms with E-state index < -0.39 is 11.9 Å². The molecule has 0 spiro atoms. The van der Waals surface area contributed by atoms with E-state index in [1.165, 1.54) is 4.68 Å². The molecule has 1 aliphatic rings. The maximum atomic E-state index is 13.1. The summed E-state index contributed by atoms with van der Waals surface area (Å²) in [5.41, 5.74) is -0.232. The van der Waals surface area contributed by atoms with E-state index in [2.05, 4.69) is 10.4 Å². The van der Waals surface area contributed by atoms with E-state index in [-0.39, 0.29) is 31.2 Å². The number of nitrogens with one attached hydrogen (secondary N) is 1. The zero-order chi connectivity index (χ0) is 19.3. The van der Waals surface area contributed by atoms with E-state index in [4.69, 9.17) is 4.74 Å². The van der Waals surface area contributed by atoms with Crippen LogP contribution < -0.4 is 5.32 Å². The van der Waals surface area contributed by atoms with Crippen LogP contribution in [0.25, 0.3) is 0 Å². The number of carbonyl (C=O) groups is 1. The first kappa shape index (κ1) is 19.8. The van der Waals surface area contributed by atoms with Gasteiger partial charge in [0.2, 0.25) is 5.91 Å². The van der Waals surface area contributed by atoms with E-state index in [9.17, 15) is 18.0 Å². The van der Waals surface area contributed by atoms with Gasteiger partial charge in [0.1, 0.15) is 0 Å². The van der Waals surface area contributed by atoms with Crippen molar-refractivity contribution in [2.45, 2.75) is 37.1 Å². The minimum absolute atomic E-state index is 0.0761. The highest BCUT2D eigenvalue weighted by Crippen LogP contribution is 2.34. The lowest BCUT2D eigenvalue weighted by molar-refractivity contribution is -0.142. The predicted molar refractivity (Wildman–Crippen MR) is 95.4 cm³/mol. The number of carbonyl (C=O) groups excluding carboxylic acids is 1. The smallest absolute Gasteiger partial charge is 0.376 e. The molecule has 1 aromatic heterocycles. The number of halogens is 3. The van der Waals surface area contributed by atoms with Gasteiger partial charge in [-0.2, -0.15) is 18.3 Å².